The van der Waals surface area contributed by atoms with Crippen LogP contribution in [0.3, 0.4) is 0 Å². The van der Waals surface area contributed by atoms with Gasteiger partial charge in [-0.15, -0.1) is 0 Å². The summed E-state index contributed by atoms with van der Waals surface area (Å²) in [6.07, 6.45) is 13.9. The van der Waals surface area contributed by atoms with Crippen molar-refractivity contribution in [1.29, 1.82) is 0 Å². The van der Waals surface area contributed by atoms with Crippen LogP contribution in [0.2, 0.25) is 0 Å². The summed E-state index contributed by atoms with van der Waals surface area (Å²) in [5.41, 5.74) is 0. The van der Waals surface area contributed by atoms with Crippen LogP contribution in [-0.2, 0) is 14.6 Å². The second-order valence-corrected chi connectivity index (χ2v) is 7.02. The van der Waals surface area contributed by atoms with Gasteiger partial charge < -0.3 is 4.55 Å². The van der Waals surface area contributed by atoms with Crippen LogP contribution >= 0.6 is 0 Å². The Balaban J connectivity index is 0. The van der Waals surface area contributed by atoms with Crippen LogP contribution in [-0.4, -0.2) is 19.6 Å². The van der Waals surface area contributed by atoms with Crippen LogP contribution in [0.4, 0.5) is 0 Å². The molecule has 22 heavy (non-hydrogen) atoms. The van der Waals surface area contributed by atoms with Crippen molar-refractivity contribution in [1.82, 2.24) is 0 Å². The van der Waals surface area contributed by atoms with Crippen molar-refractivity contribution in [3.8, 4) is 0 Å². The second kappa shape index (κ2) is 17.3. The molecule has 0 rings (SSSR count). The first kappa shape index (κ1) is 25.7. The molecular weight excluding hydrogens is 327 g/mol. The predicted octanol–water partition coefficient (Wildman–Crippen LogP) is 1.80. The average molecular weight is 361 g/mol. The normalized spacial score (nSPS) is 11.6. The number of rotatable bonds is 15. The number of hydrogen-bond donors (Lipinski definition) is 0. The molecule has 0 aliphatic rings. The zero-order valence-electron chi connectivity index (χ0n) is 14.8. The fourth-order valence-electron chi connectivity index (χ4n) is 2.56. The van der Waals surface area contributed by atoms with Crippen LogP contribution < -0.4 is 51.4 Å². The number of hydrogen-bond acceptors (Lipinski definition) is 4. The molecule has 0 aromatic rings. The molecule has 0 aromatic carbocycles. The quantitative estimate of drug-likeness (QED) is 0.193. The molecule has 0 atom stereocenters. The van der Waals surface area contributed by atoms with Gasteiger partial charge in [-0.1, -0.05) is 78.1 Å². The Kier molecular flexibility index (Phi) is 20.3. The summed E-state index contributed by atoms with van der Waals surface area (Å²) in [5, 5.41) is 0. The maximum atomic E-state index is 10.6. The molecule has 0 aliphatic carbocycles. The minimum Gasteiger partial charge on any atom is -0.726 e. The fourth-order valence-corrected chi connectivity index (χ4v) is 2.92. The molecule has 0 spiro atoms. The van der Waals surface area contributed by atoms with Gasteiger partial charge in [-0.05, 0) is 18.8 Å². The van der Waals surface area contributed by atoms with Gasteiger partial charge in [0.15, 0.2) is 0 Å². The summed E-state index contributed by atoms with van der Waals surface area (Å²) >= 11 is 0. The van der Waals surface area contributed by atoms with Crippen LogP contribution in [0.15, 0.2) is 0 Å². The van der Waals surface area contributed by atoms with E-state index in [0.717, 1.165) is 25.7 Å². The molecule has 0 aliphatic heterocycles. The molecule has 128 valence electrons. The Labute approximate surface area is 180 Å². The van der Waals surface area contributed by atoms with Gasteiger partial charge in [0.2, 0.25) is 10.4 Å². The van der Waals surface area contributed by atoms with E-state index in [9.17, 15) is 13.0 Å². The zero-order chi connectivity index (χ0) is 16.0. The molecule has 0 amide bonds. The largest absolute Gasteiger partial charge is 1.00 e. The van der Waals surface area contributed by atoms with Crippen molar-refractivity contribution in [2.24, 2.45) is 5.92 Å². The summed E-state index contributed by atoms with van der Waals surface area (Å²) in [6, 6.07) is 0. The monoisotopic (exact) mass is 360 g/mol. The van der Waals surface area contributed by atoms with Gasteiger partial charge in [0, 0.05) is 0 Å². The van der Waals surface area contributed by atoms with Crippen molar-refractivity contribution < 1.29 is 68.5 Å². The van der Waals surface area contributed by atoms with Gasteiger partial charge in [0.1, 0.15) is 0 Å². The molecule has 0 aromatic heterocycles. The molecule has 0 fully saturated rings. The van der Waals surface area contributed by atoms with Gasteiger partial charge in [-0.3, -0.25) is 4.18 Å². The maximum Gasteiger partial charge on any atom is 1.00 e. The van der Waals surface area contributed by atoms with E-state index in [0.29, 0.717) is 0 Å². The Morgan fingerprint density at radius 3 is 1.59 bits per heavy atom. The summed E-state index contributed by atoms with van der Waals surface area (Å²) < 4.78 is 36.2. The third-order valence-corrected chi connectivity index (χ3v) is 4.30. The van der Waals surface area contributed by atoms with Crippen molar-refractivity contribution in [3.63, 3.8) is 0 Å². The number of unbranched alkanes of at least 4 members (excludes halogenated alkanes) is 8. The maximum absolute atomic E-state index is 10.6. The van der Waals surface area contributed by atoms with E-state index >= 15 is 0 Å². The Bertz CT molecular complexity index is 306. The Hall–Kier alpha value is 1.51. The third-order valence-electron chi connectivity index (χ3n) is 3.88. The smallest absolute Gasteiger partial charge is 0.726 e. The summed E-state index contributed by atoms with van der Waals surface area (Å²) in [5.74, 6) is 0.206. The molecule has 0 saturated heterocycles. The summed E-state index contributed by atoms with van der Waals surface area (Å²) in [4.78, 5) is 0. The molecule has 0 saturated carbocycles. The Morgan fingerprint density at radius 2 is 1.23 bits per heavy atom. The minimum atomic E-state index is -4.55. The predicted molar refractivity (Wildman–Crippen MR) is 85.9 cm³/mol. The third kappa shape index (κ3) is 19.6. The van der Waals surface area contributed by atoms with Crippen LogP contribution in [0, 0.1) is 5.92 Å². The first-order valence-corrected chi connectivity index (χ1v) is 9.93. The van der Waals surface area contributed by atoms with E-state index in [1.165, 1.54) is 51.4 Å². The van der Waals surface area contributed by atoms with E-state index in [1.54, 1.807) is 0 Å². The molecule has 0 unspecified atom stereocenters. The van der Waals surface area contributed by atoms with E-state index in [-0.39, 0.29) is 63.9 Å². The Morgan fingerprint density at radius 1 is 0.818 bits per heavy atom. The molecular formula is C16H33KO4S. The second-order valence-electron chi connectivity index (χ2n) is 5.96. The first-order chi connectivity index (χ1) is 9.99. The SMILES string of the molecule is CCCCCCCC(CCCCCCC)COS(=O)(=O)[O-].[K+]. The average Bonchev–Trinajstić information content (AvgIpc) is 2.42. The van der Waals surface area contributed by atoms with Crippen molar-refractivity contribution in [3.05, 3.63) is 0 Å². The van der Waals surface area contributed by atoms with Crippen LogP contribution in [0.1, 0.15) is 90.9 Å². The standard InChI is InChI=1S/C16H34O4S.K/c1-3-5-7-9-11-13-16(15-20-21(17,18)19)14-12-10-8-6-4-2;/h16H,3-15H2,1-2H3,(H,17,18,19);/q;+1/p-1. The zero-order valence-corrected chi connectivity index (χ0v) is 18.8. The van der Waals surface area contributed by atoms with E-state index < -0.39 is 10.4 Å². The molecule has 6 heteroatoms. The van der Waals surface area contributed by atoms with Gasteiger partial charge in [-0.2, -0.15) is 0 Å². The van der Waals surface area contributed by atoms with Gasteiger partial charge in [0.25, 0.3) is 0 Å². The van der Waals surface area contributed by atoms with Crippen molar-refractivity contribution >= 4 is 10.4 Å². The molecule has 0 heterocycles. The summed E-state index contributed by atoms with van der Waals surface area (Å²) in [6.45, 7) is 4.44. The van der Waals surface area contributed by atoms with E-state index in [1.807, 2.05) is 0 Å². The molecule has 0 bridgehead atoms. The van der Waals surface area contributed by atoms with Crippen LogP contribution in [0.5, 0.6) is 0 Å². The van der Waals surface area contributed by atoms with Crippen molar-refractivity contribution in [2.75, 3.05) is 6.61 Å². The van der Waals surface area contributed by atoms with Crippen LogP contribution in [0.25, 0.3) is 0 Å². The van der Waals surface area contributed by atoms with Gasteiger partial charge in [-0.25, -0.2) is 8.42 Å². The fraction of sp³-hybridized carbons (Fsp3) is 1.00. The van der Waals surface area contributed by atoms with E-state index in [2.05, 4.69) is 18.0 Å². The molecule has 4 nitrogen and oxygen atoms in total. The van der Waals surface area contributed by atoms with E-state index in [4.69, 9.17) is 0 Å². The minimum absolute atomic E-state index is 0. The van der Waals surface area contributed by atoms with Gasteiger partial charge >= 0.3 is 51.4 Å². The van der Waals surface area contributed by atoms with Gasteiger partial charge in [0.05, 0.1) is 6.61 Å². The molecule has 0 N–H and O–H groups in total. The molecule has 0 radical (unpaired) electrons. The first-order valence-electron chi connectivity index (χ1n) is 8.59. The summed E-state index contributed by atoms with van der Waals surface area (Å²) in [7, 11) is -4.55. The topological polar surface area (TPSA) is 66.4 Å². The van der Waals surface area contributed by atoms with Crippen molar-refractivity contribution in [2.45, 2.75) is 90.9 Å².